The van der Waals surface area contributed by atoms with Gasteiger partial charge in [0.2, 0.25) is 0 Å². The van der Waals surface area contributed by atoms with Gasteiger partial charge in [-0.1, -0.05) is 0 Å². The largest absolute Gasteiger partial charge is 0.336 e. The molecule has 0 N–H and O–H groups in total. The van der Waals surface area contributed by atoms with Gasteiger partial charge in [0.15, 0.2) is 0 Å². The van der Waals surface area contributed by atoms with Gasteiger partial charge in [0.1, 0.15) is 17.7 Å². The lowest BCUT2D eigenvalue weighted by atomic mass is 10.1. The maximum absolute atomic E-state index is 12.0. The first kappa shape index (κ1) is 9.95. The van der Waals surface area contributed by atoms with E-state index in [4.69, 9.17) is 0 Å². The first-order valence-corrected chi connectivity index (χ1v) is 5.26. The summed E-state index contributed by atoms with van der Waals surface area (Å²) in [5, 5.41) is 4.27. The highest BCUT2D eigenvalue weighted by atomic mass is 16.2. The van der Waals surface area contributed by atoms with Gasteiger partial charge in [-0.2, -0.15) is 5.10 Å². The van der Waals surface area contributed by atoms with Crippen LogP contribution in [0, 0.1) is 0 Å². The number of hydrogen-bond donors (Lipinski definition) is 0. The fourth-order valence-electron chi connectivity index (χ4n) is 1.99. The third-order valence-corrected chi connectivity index (χ3v) is 2.83. The Bertz CT molecular complexity index is 604. The van der Waals surface area contributed by atoms with Crippen LogP contribution in [0.2, 0.25) is 0 Å². The van der Waals surface area contributed by atoms with Crippen molar-refractivity contribution in [1.29, 1.82) is 0 Å². The molecule has 0 bridgehead atoms. The van der Waals surface area contributed by atoms with Crippen molar-refractivity contribution < 1.29 is 4.79 Å². The van der Waals surface area contributed by atoms with Gasteiger partial charge >= 0.3 is 0 Å². The Hall–Kier alpha value is -2.24. The van der Waals surface area contributed by atoms with Crippen molar-refractivity contribution in [3.63, 3.8) is 0 Å². The second kappa shape index (κ2) is 3.38. The Morgan fingerprint density at radius 1 is 1.29 bits per heavy atom. The van der Waals surface area contributed by atoms with Crippen LogP contribution in [-0.4, -0.2) is 37.6 Å². The van der Waals surface area contributed by atoms with E-state index >= 15 is 0 Å². The molecule has 1 amide bonds. The van der Waals surface area contributed by atoms with Crippen molar-refractivity contribution in [3.8, 4) is 11.4 Å². The van der Waals surface area contributed by atoms with E-state index in [1.165, 1.54) is 6.33 Å². The number of carbonyl (C=O) groups excluding carboxylic acids is 1. The molecule has 0 fully saturated rings. The van der Waals surface area contributed by atoms with E-state index in [2.05, 4.69) is 15.1 Å². The molecule has 17 heavy (non-hydrogen) atoms. The van der Waals surface area contributed by atoms with Crippen molar-refractivity contribution in [2.75, 3.05) is 7.05 Å². The van der Waals surface area contributed by atoms with Gasteiger partial charge in [-0.25, -0.2) is 9.97 Å². The molecule has 3 rings (SSSR count). The summed E-state index contributed by atoms with van der Waals surface area (Å²) in [5.74, 6) is -0.0405. The minimum Gasteiger partial charge on any atom is -0.336 e. The fourth-order valence-corrected chi connectivity index (χ4v) is 1.99. The highest BCUT2D eigenvalue weighted by molar-refractivity contribution is 6.02. The zero-order chi connectivity index (χ0) is 12.0. The molecular weight excluding hydrogens is 218 g/mol. The summed E-state index contributed by atoms with van der Waals surface area (Å²) in [6.45, 7) is 0.538. The van der Waals surface area contributed by atoms with Crippen molar-refractivity contribution >= 4 is 5.91 Å². The van der Waals surface area contributed by atoms with E-state index in [-0.39, 0.29) is 5.91 Å². The van der Waals surface area contributed by atoms with E-state index in [1.54, 1.807) is 16.6 Å². The smallest absolute Gasteiger partial charge is 0.258 e. The molecule has 1 aliphatic rings. The molecule has 2 aromatic rings. The Morgan fingerprint density at radius 2 is 2.12 bits per heavy atom. The van der Waals surface area contributed by atoms with Crippen LogP contribution in [0.3, 0.4) is 0 Å². The van der Waals surface area contributed by atoms with Crippen LogP contribution in [-0.2, 0) is 13.6 Å². The minimum atomic E-state index is -0.0405. The van der Waals surface area contributed by atoms with Crippen molar-refractivity contribution in [2.45, 2.75) is 6.54 Å². The first-order chi connectivity index (χ1) is 8.16. The number of fused-ring (bicyclic) bond motifs is 1. The Morgan fingerprint density at radius 3 is 2.82 bits per heavy atom. The molecule has 0 unspecified atom stereocenters. The maximum atomic E-state index is 12.0. The highest BCUT2D eigenvalue weighted by Gasteiger charge is 2.30. The molecule has 2 aromatic heterocycles. The summed E-state index contributed by atoms with van der Waals surface area (Å²) < 4.78 is 1.69. The molecule has 0 radical (unpaired) electrons. The lowest BCUT2D eigenvalue weighted by Crippen LogP contribution is -2.18. The molecule has 3 heterocycles. The standard InChI is InChI=1S/C11H11N5O/c1-15-5-8-9(11(15)17)10(13-6-12-8)7-3-4-16(2)14-7/h3-4,6H,5H2,1-2H3. The van der Waals surface area contributed by atoms with Crippen LogP contribution < -0.4 is 0 Å². The highest BCUT2D eigenvalue weighted by Crippen LogP contribution is 2.27. The van der Waals surface area contributed by atoms with Gasteiger partial charge in [-0.3, -0.25) is 9.48 Å². The van der Waals surface area contributed by atoms with Crippen LogP contribution in [0.1, 0.15) is 16.1 Å². The van der Waals surface area contributed by atoms with Gasteiger partial charge < -0.3 is 4.90 Å². The van der Waals surface area contributed by atoms with E-state index in [9.17, 15) is 4.79 Å². The molecule has 6 nitrogen and oxygen atoms in total. The third-order valence-electron chi connectivity index (χ3n) is 2.83. The lowest BCUT2D eigenvalue weighted by molar-refractivity contribution is 0.0816. The van der Waals surface area contributed by atoms with Crippen LogP contribution in [0.5, 0.6) is 0 Å². The maximum Gasteiger partial charge on any atom is 0.258 e. The first-order valence-electron chi connectivity index (χ1n) is 5.26. The van der Waals surface area contributed by atoms with Crippen LogP contribution in [0.25, 0.3) is 11.4 Å². The number of rotatable bonds is 1. The van der Waals surface area contributed by atoms with Crippen molar-refractivity contribution in [3.05, 3.63) is 29.8 Å². The van der Waals surface area contributed by atoms with Gasteiger partial charge in [-0.15, -0.1) is 0 Å². The molecule has 0 saturated carbocycles. The van der Waals surface area contributed by atoms with E-state index in [1.807, 2.05) is 19.3 Å². The summed E-state index contributed by atoms with van der Waals surface area (Å²) in [6, 6.07) is 1.84. The monoisotopic (exact) mass is 229 g/mol. The Balaban J connectivity index is 2.20. The van der Waals surface area contributed by atoms with Crippen LogP contribution in [0.4, 0.5) is 0 Å². The summed E-state index contributed by atoms with van der Waals surface area (Å²) in [6.07, 6.45) is 3.31. The summed E-state index contributed by atoms with van der Waals surface area (Å²) >= 11 is 0. The molecule has 0 aliphatic carbocycles. The van der Waals surface area contributed by atoms with Gasteiger partial charge in [-0.05, 0) is 6.07 Å². The van der Waals surface area contributed by atoms with Crippen molar-refractivity contribution in [2.24, 2.45) is 7.05 Å². The predicted octanol–water partition coefficient (Wildman–Crippen LogP) is 0.463. The Labute approximate surface area is 97.9 Å². The fraction of sp³-hybridized carbons (Fsp3) is 0.273. The molecular formula is C11H11N5O. The normalized spacial score (nSPS) is 14.2. The molecule has 1 aliphatic heterocycles. The zero-order valence-corrected chi connectivity index (χ0v) is 9.58. The number of carbonyl (C=O) groups is 1. The number of nitrogens with zero attached hydrogens (tertiary/aromatic N) is 5. The SMILES string of the molecule is CN1Cc2ncnc(-c3ccn(C)n3)c2C1=O. The predicted molar refractivity (Wildman–Crippen MR) is 60.0 cm³/mol. The van der Waals surface area contributed by atoms with Crippen LogP contribution >= 0.6 is 0 Å². The second-order valence-electron chi connectivity index (χ2n) is 4.08. The number of hydrogen-bond acceptors (Lipinski definition) is 4. The van der Waals surface area contributed by atoms with Crippen molar-refractivity contribution in [1.82, 2.24) is 24.6 Å². The molecule has 6 heteroatoms. The minimum absolute atomic E-state index is 0.0405. The molecule has 0 spiro atoms. The van der Waals surface area contributed by atoms with E-state index in [0.717, 1.165) is 5.69 Å². The molecule has 0 aromatic carbocycles. The third kappa shape index (κ3) is 1.41. The number of amides is 1. The average Bonchev–Trinajstić information content (AvgIpc) is 2.85. The lowest BCUT2D eigenvalue weighted by Gasteiger charge is -2.05. The summed E-state index contributed by atoms with van der Waals surface area (Å²) in [7, 11) is 3.59. The number of aromatic nitrogens is 4. The molecule has 86 valence electrons. The summed E-state index contributed by atoms with van der Waals surface area (Å²) in [5.41, 5.74) is 2.67. The van der Waals surface area contributed by atoms with E-state index in [0.29, 0.717) is 23.5 Å². The quantitative estimate of drug-likeness (QED) is 0.712. The average molecular weight is 229 g/mol. The van der Waals surface area contributed by atoms with Gasteiger partial charge in [0.25, 0.3) is 5.91 Å². The second-order valence-corrected chi connectivity index (χ2v) is 4.08. The summed E-state index contributed by atoms with van der Waals surface area (Å²) in [4.78, 5) is 22.0. The molecule has 0 saturated heterocycles. The topological polar surface area (TPSA) is 63.9 Å². The van der Waals surface area contributed by atoms with Crippen LogP contribution in [0.15, 0.2) is 18.6 Å². The molecule has 0 atom stereocenters. The van der Waals surface area contributed by atoms with Gasteiger partial charge in [0.05, 0.1) is 17.8 Å². The van der Waals surface area contributed by atoms with Gasteiger partial charge in [0, 0.05) is 20.3 Å². The van der Waals surface area contributed by atoms with E-state index < -0.39 is 0 Å². The zero-order valence-electron chi connectivity index (χ0n) is 9.58. The number of aryl methyl sites for hydroxylation is 1. The Kier molecular flexibility index (Phi) is 1.98.